The third kappa shape index (κ3) is 3.32. The molecule has 112 valence electrons. The summed E-state index contributed by atoms with van der Waals surface area (Å²) < 4.78 is 10.3. The molecule has 0 fully saturated rings. The molecule has 0 bridgehead atoms. The van der Waals surface area contributed by atoms with E-state index in [1.807, 2.05) is 18.2 Å². The summed E-state index contributed by atoms with van der Waals surface area (Å²) in [7, 11) is 5.48. The SMILES string of the molecule is COCCCN(C)C1CCc2cc(OC)ccc2C1O. The van der Waals surface area contributed by atoms with E-state index in [0.717, 1.165) is 43.7 Å². The van der Waals surface area contributed by atoms with E-state index in [-0.39, 0.29) is 6.04 Å². The van der Waals surface area contributed by atoms with E-state index < -0.39 is 6.10 Å². The van der Waals surface area contributed by atoms with Crippen LogP contribution in [0.2, 0.25) is 0 Å². The molecular weight excluding hydrogens is 254 g/mol. The van der Waals surface area contributed by atoms with Crippen molar-refractivity contribution in [2.24, 2.45) is 0 Å². The summed E-state index contributed by atoms with van der Waals surface area (Å²) in [6.45, 7) is 1.71. The molecule has 2 rings (SSSR count). The van der Waals surface area contributed by atoms with Gasteiger partial charge in [0.05, 0.1) is 13.2 Å². The average molecular weight is 279 g/mol. The van der Waals surface area contributed by atoms with Crippen LogP contribution in [-0.2, 0) is 11.2 Å². The molecule has 0 spiro atoms. The minimum absolute atomic E-state index is 0.188. The van der Waals surface area contributed by atoms with Crippen LogP contribution in [-0.4, -0.2) is 50.5 Å². The van der Waals surface area contributed by atoms with Gasteiger partial charge in [0.2, 0.25) is 0 Å². The van der Waals surface area contributed by atoms with Crippen LogP contribution in [0.5, 0.6) is 5.75 Å². The lowest BCUT2D eigenvalue weighted by molar-refractivity contribution is 0.0455. The number of fused-ring (bicyclic) bond motifs is 1. The molecule has 1 aliphatic rings. The van der Waals surface area contributed by atoms with E-state index in [4.69, 9.17) is 9.47 Å². The van der Waals surface area contributed by atoms with Gasteiger partial charge in [-0.1, -0.05) is 6.07 Å². The second-order valence-corrected chi connectivity index (χ2v) is 5.44. The first kappa shape index (κ1) is 15.3. The monoisotopic (exact) mass is 279 g/mol. The van der Waals surface area contributed by atoms with E-state index in [1.54, 1.807) is 14.2 Å². The van der Waals surface area contributed by atoms with Crippen molar-refractivity contribution in [1.82, 2.24) is 4.90 Å². The Hall–Kier alpha value is -1.10. The van der Waals surface area contributed by atoms with Gasteiger partial charge in [-0.25, -0.2) is 0 Å². The van der Waals surface area contributed by atoms with Crippen molar-refractivity contribution in [2.45, 2.75) is 31.4 Å². The Morgan fingerprint density at radius 3 is 2.85 bits per heavy atom. The fraction of sp³-hybridized carbons (Fsp3) is 0.625. The number of hydrogen-bond acceptors (Lipinski definition) is 4. The van der Waals surface area contributed by atoms with Gasteiger partial charge in [0.25, 0.3) is 0 Å². The number of aliphatic hydroxyl groups is 1. The quantitative estimate of drug-likeness (QED) is 0.809. The maximum Gasteiger partial charge on any atom is 0.119 e. The van der Waals surface area contributed by atoms with Gasteiger partial charge in [0.15, 0.2) is 0 Å². The molecule has 1 aromatic rings. The Morgan fingerprint density at radius 1 is 1.35 bits per heavy atom. The molecule has 0 heterocycles. The van der Waals surface area contributed by atoms with E-state index in [2.05, 4.69) is 11.9 Å². The molecule has 0 radical (unpaired) electrons. The Kier molecular flexibility index (Phi) is 5.40. The van der Waals surface area contributed by atoms with Gasteiger partial charge in [0, 0.05) is 26.3 Å². The van der Waals surface area contributed by atoms with Crippen molar-refractivity contribution < 1.29 is 14.6 Å². The molecule has 4 nitrogen and oxygen atoms in total. The maximum absolute atomic E-state index is 10.6. The Bertz CT molecular complexity index is 436. The normalized spacial score (nSPS) is 21.9. The maximum atomic E-state index is 10.6. The number of rotatable bonds is 6. The van der Waals surface area contributed by atoms with E-state index in [1.165, 1.54) is 5.56 Å². The molecule has 0 amide bonds. The molecule has 2 unspecified atom stereocenters. The van der Waals surface area contributed by atoms with Gasteiger partial charge in [-0.2, -0.15) is 0 Å². The van der Waals surface area contributed by atoms with Crippen molar-refractivity contribution in [3.8, 4) is 5.75 Å². The number of hydrogen-bond donors (Lipinski definition) is 1. The first-order chi connectivity index (χ1) is 9.67. The van der Waals surface area contributed by atoms with E-state index >= 15 is 0 Å². The summed E-state index contributed by atoms with van der Waals surface area (Å²) >= 11 is 0. The standard InChI is InChI=1S/C16H25NO3/c1-17(9-4-10-19-2)15-8-5-12-11-13(20-3)6-7-14(12)16(15)18/h6-7,11,15-16,18H,4-5,8-10H2,1-3H3. The lowest BCUT2D eigenvalue weighted by atomic mass is 9.85. The summed E-state index contributed by atoms with van der Waals surface area (Å²) in [5, 5.41) is 10.6. The van der Waals surface area contributed by atoms with Crippen LogP contribution in [0.3, 0.4) is 0 Å². The van der Waals surface area contributed by atoms with Crippen LogP contribution in [0.25, 0.3) is 0 Å². The number of nitrogens with zero attached hydrogens (tertiary/aromatic N) is 1. The smallest absolute Gasteiger partial charge is 0.119 e. The number of aliphatic hydroxyl groups excluding tert-OH is 1. The van der Waals surface area contributed by atoms with E-state index in [9.17, 15) is 5.11 Å². The van der Waals surface area contributed by atoms with Crippen molar-refractivity contribution in [2.75, 3.05) is 34.4 Å². The fourth-order valence-electron chi connectivity index (χ4n) is 2.97. The molecule has 1 aliphatic carbocycles. The average Bonchev–Trinajstić information content (AvgIpc) is 2.47. The Morgan fingerprint density at radius 2 is 2.15 bits per heavy atom. The minimum Gasteiger partial charge on any atom is -0.497 e. The van der Waals surface area contributed by atoms with Crippen molar-refractivity contribution >= 4 is 0 Å². The molecule has 4 heteroatoms. The van der Waals surface area contributed by atoms with Gasteiger partial charge >= 0.3 is 0 Å². The number of ether oxygens (including phenoxy) is 2. The molecule has 1 N–H and O–H groups in total. The zero-order valence-corrected chi connectivity index (χ0v) is 12.6. The highest BCUT2D eigenvalue weighted by Crippen LogP contribution is 2.34. The largest absolute Gasteiger partial charge is 0.497 e. The molecular formula is C16H25NO3. The highest BCUT2D eigenvalue weighted by atomic mass is 16.5. The second-order valence-electron chi connectivity index (χ2n) is 5.44. The van der Waals surface area contributed by atoms with Gasteiger partial charge in [0.1, 0.15) is 5.75 Å². The predicted octanol–water partition coefficient (Wildman–Crippen LogP) is 2.01. The van der Waals surface area contributed by atoms with Gasteiger partial charge in [-0.15, -0.1) is 0 Å². The first-order valence-corrected chi connectivity index (χ1v) is 7.21. The molecule has 0 saturated heterocycles. The summed E-state index contributed by atoms with van der Waals surface area (Å²) in [5.74, 6) is 0.864. The third-order valence-corrected chi connectivity index (χ3v) is 4.17. The third-order valence-electron chi connectivity index (χ3n) is 4.17. The van der Waals surface area contributed by atoms with Crippen LogP contribution in [0.4, 0.5) is 0 Å². The lowest BCUT2D eigenvalue weighted by Crippen LogP contribution is -2.40. The van der Waals surface area contributed by atoms with Crippen LogP contribution in [0, 0.1) is 0 Å². The zero-order valence-electron chi connectivity index (χ0n) is 12.6. The number of likely N-dealkylation sites (N-methyl/N-ethyl adjacent to an activating group) is 1. The second kappa shape index (κ2) is 7.07. The van der Waals surface area contributed by atoms with Crippen LogP contribution < -0.4 is 4.74 Å². The van der Waals surface area contributed by atoms with Gasteiger partial charge in [-0.3, -0.25) is 0 Å². The predicted molar refractivity (Wildman–Crippen MR) is 79.2 cm³/mol. The van der Waals surface area contributed by atoms with Crippen molar-refractivity contribution in [3.63, 3.8) is 0 Å². The van der Waals surface area contributed by atoms with E-state index in [0.29, 0.717) is 0 Å². The van der Waals surface area contributed by atoms with Crippen LogP contribution >= 0.6 is 0 Å². The first-order valence-electron chi connectivity index (χ1n) is 7.21. The highest BCUT2D eigenvalue weighted by molar-refractivity contribution is 5.39. The number of benzene rings is 1. The number of aryl methyl sites for hydroxylation is 1. The molecule has 20 heavy (non-hydrogen) atoms. The summed E-state index contributed by atoms with van der Waals surface area (Å²) in [4.78, 5) is 2.25. The summed E-state index contributed by atoms with van der Waals surface area (Å²) in [6, 6.07) is 6.15. The fourth-order valence-corrected chi connectivity index (χ4v) is 2.97. The molecule has 2 atom stereocenters. The van der Waals surface area contributed by atoms with Crippen LogP contribution in [0.1, 0.15) is 30.1 Å². The van der Waals surface area contributed by atoms with Gasteiger partial charge < -0.3 is 19.5 Å². The summed E-state index contributed by atoms with van der Waals surface area (Å²) in [5.41, 5.74) is 2.25. The minimum atomic E-state index is -0.419. The van der Waals surface area contributed by atoms with Gasteiger partial charge in [-0.05, 0) is 49.6 Å². The Labute approximate surface area is 121 Å². The summed E-state index contributed by atoms with van der Waals surface area (Å²) in [6.07, 6.45) is 2.54. The van der Waals surface area contributed by atoms with Crippen LogP contribution in [0.15, 0.2) is 18.2 Å². The highest BCUT2D eigenvalue weighted by Gasteiger charge is 2.30. The van der Waals surface area contributed by atoms with Crippen molar-refractivity contribution in [3.05, 3.63) is 29.3 Å². The molecule has 0 aliphatic heterocycles. The Balaban J connectivity index is 2.05. The van der Waals surface area contributed by atoms with Crippen molar-refractivity contribution in [1.29, 1.82) is 0 Å². The number of methoxy groups -OCH3 is 2. The lowest BCUT2D eigenvalue weighted by Gasteiger charge is -2.36. The molecule has 0 aromatic heterocycles. The molecule has 1 aromatic carbocycles. The topological polar surface area (TPSA) is 41.9 Å². The molecule has 0 saturated carbocycles. The zero-order chi connectivity index (χ0) is 14.5.